The lowest BCUT2D eigenvalue weighted by molar-refractivity contribution is 1.16. The summed E-state index contributed by atoms with van der Waals surface area (Å²) in [5, 5.41) is 2.33. The summed E-state index contributed by atoms with van der Waals surface area (Å²) in [5.41, 5.74) is 4.32. The first kappa shape index (κ1) is 11.3. The molecule has 0 atom stereocenters. The molecule has 0 saturated heterocycles. The zero-order valence-corrected chi connectivity index (χ0v) is 10.8. The monoisotopic (exact) mass is 273 g/mol. The molecule has 0 unspecified atom stereocenters. The molecule has 0 radical (unpaired) electrons. The molecule has 3 nitrogen and oxygen atoms in total. The van der Waals surface area contributed by atoms with Gasteiger partial charge in [0.15, 0.2) is 5.82 Å². The second-order valence-electron chi connectivity index (χ2n) is 3.64. The smallest absolute Gasteiger partial charge is 0.181 e. The van der Waals surface area contributed by atoms with Crippen LogP contribution < -0.4 is 0 Å². The lowest BCUT2D eigenvalue weighted by atomic mass is 10.1. The fourth-order valence-electron chi connectivity index (χ4n) is 1.61. The highest BCUT2D eigenvalue weighted by Crippen LogP contribution is 2.23. The molecule has 0 fully saturated rings. The molecular weight excluding hydrogens is 266 g/mol. The van der Waals surface area contributed by atoms with Gasteiger partial charge in [0.1, 0.15) is 10.8 Å². The topological polar surface area (TPSA) is 38.7 Å². The summed E-state index contributed by atoms with van der Waals surface area (Å²) in [6, 6.07) is 11.6. The Labute approximate surface area is 113 Å². The third-order valence-corrected chi connectivity index (χ3v) is 3.21. The number of thiazole rings is 1. The van der Waals surface area contributed by atoms with E-state index < -0.39 is 0 Å². The van der Waals surface area contributed by atoms with E-state index in [1.54, 1.807) is 11.6 Å². The van der Waals surface area contributed by atoms with Crippen molar-refractivity contribution in [3.63, 3.8) is 0 Å². The second-order valence-corrected chi connectivity index (χ2v) is 4.75. The lowest BCUT2D eigenvalue weighted by Gasteiger charge is -2.03. The van der Waals surface area contributed by atoms with Crippen LogP contribution in [0.5, 0.6) is 0 Å². The van der Waals surface area contributed by atoms with E-state index in [0.29, 0.717) is 11.0 Å². The van der Waals surface area contributed by atoms with Crippen LogP contribution in [0, 0.1) is 0 Å². The molecule has 2 heterocycles. The quantitative estimate of drug-likeness (QED) is 0.664. The molecule has 0 N–H and O–H groups in total. The standard InChI is InChI=1S/C13H8ClN3S/c14-12-6-10(9-4-2-1-3-5-9)16-13(17-12)11-7-18-8-15-11/h1-8H. The van der Waals surface area contributed by atoms with E-state index in [0.717, 1.165) is 17.0 Å². The highest BCUT2D eigenvalue weighted by atomic mass is 35.5. The van der Waals surface area contributed by atoms with Crippen LogP contribution in [0.1, 0.15) is 0 Å². The van der Waals surface area contributed by atoms with E-state index in [2.05, 4.69) is 15.0 Å². The second kappa shape index (κ2) is 4.84. The largest absolute Gasteiger partial charge is 0.241 e. The maximum atomic E-state index is 6.04. The summed E-state index contributed by atoms with van der Waals surface area (Å²) in [7, 11) is 0. The molecule has 0 bridgehead atoms. The van der Waals surface area contributed by atoms with Crippen LogP contribution in [0.4, 0.5) is 0 Å². The van der Waals surface area contributed by atoms with Crippen LogP contribution in [-0.2, 0) is 0 Å². The van der Waals surface area contributed by atoms with Gasteiger partial charge < -0.3 is 0 Å². The maximum Gasteiger partial charge on any atom is 0.181 e. The first-order valence-electron chi connectivity index (χ1n) is 5.31. The first-order chi connectivity index (χ1) is 8.83. The Bertz CT molecular complexity index is 653. The van der Waals surface area contributed by atoms with Crippen molar-refractivity contribution in [2.45, 2.75) is 0 Å². The van der Waals surface area contributed by atoms with Crippen molar-refractivity contribution < 1.29 is 0 Å². The van der Waals surface area contributed by atoms with Crippen molar-refractivity contribution in [2.75, 3.05) is 0 Å². The van der Waals surface area contributed by atoms with Crippen molar-refractivity contribution in [3.05, 3.63) is 52.4 Å². The van der Waals surface area contributed by atoms with Crippen LogP contribution in [0.15, 0.2) is 47.3 Å². The highest BCUT2D eigenvalue weighted by molar-refractivity contribution is 7.07. The molecule has 0 aliphatic heterocycles. The SMILES string of the molecule is Clc1cc(-c2ccccc2)nc(-c2cscn2)n1. The van der Waals surface area contributed by atoms with Crippen molar-refractivity contribution in [1.29, 1.82) is 0 Å². The Morgan fingerprint density at radius 1 is 1.00 bits per heavy atom. The van der Waals surface area contributed by atoms with Gasteiger partial charge in [-0.05, 0) is 0 Å². The molecule has 88 valence electrons. The molecule has 18 heavy (non-hydrogen) atoms. The summed E-state index contributed by atoms with van der Waals surface area (Å²) in [6.07, 6.45) is 0. The van der Waals surface area contributed by atoms with E-state index in [1.807, 2.05) is 35.7 Å². The van der Waals surface area contributed by atoms with Crippen LogP contribution >= 0.6 is 22.9 Å². The van der Waals surface area contributed by atoms with Crippen molar-refractivity contribution in [2.24, 2.45) is 0 Å². The van der Waals surface area contributed by atoms with E-state index in [9.17, 15) is 0 Å². The van der Waals surface area contributed by atoms with Crippen molar-refractivity contribution in [1.82, 2.24) is 15.0 Å². The first-order valence-corrected chi connectivity index (χ1v) is 6.63. The predicted molar refractivity (Wildman–Crippen MR) is 73.6 cm³/mol. The Morgan fingerprint density at radius 3 is 2.56 bits per heavy atom. The van der Waals surface area contributed by atoms with E-state index in [-0.39, 0.29) is 0 Å². The van der Waals surface area contributed by atoms with Crippen LogP contribution in [0.25, 0.3) is 22.8 Å². The molecule has 0 aliphatic rings. The summed E-state index contributed by atoms with van der Waals surface area (Å²) in [6.45, 7) is 0. The minimum atomic E-state index is 0.423. The third-order valence-electron chi connectivity index (χ3n) is 2.43. The lowest BCUT2D eigenvalue weighted by Crippen LogP contribution is -1.93. The Kier molecular flexibility index (Phi) is 3.04. The van der Waals surface area contributed by atoms with Crippen LogP contribution in [-0.4, -0.2) is 15.0 Å². The van der Waals surface area contributed by atoms with Gasteiger partial charge in [-0.25, -0.2) is 15.0 Å². The highest BCUT2D eigenvalue weighted by Gasteiger charge is 2.08. The van der Waals surface area contributed by atoms with Gasteiger partial charge in [-0.1, -0.05) is 41.9 Å². The fourth-order valence-corrected chi connectivity index (χ4v) is 2.33. The molecular formula is C13H8ClN3S. The zero-order valence-electron chi connectivity index (χ0n) is 9.25. The van der Waals surface area contributed by atoms with Crippen LogP contribution in [0.2, 0.25) is 5.15 Å². The Hall–Kier alpha value is -1.78. The third kappa shape index (κ3) is 2.25. The average molecular weight is 274 g/mol. The van der Waals surface area contributed by atoms with Gasteiger partial charge in [0.05, 0.1) is 11.2 Å². The molecule has 5 heteroatoms. The number of rotatable bonds is 2. The van der Waals surface area contributed by atoms with Gasteiger partial charge in [0.25, 0.3) is 0 Å². The Morgan fingerprint density at radius 2 is 1.83 bits per heavy atom. The summed E-state index contributed by atoms with van der Waals surface area (Å²) in [5.74, 6) is 0.558. The number of halogens is 1. The average Bonchev–Trinajstić information content (AvgIpc) is 2.93. The van der Waals surface area contributed by atoms with Crippen molar-refractivity contribution in [3.8, 4) is 22.8 Å². The van der Waals surface area contributed by atoms with Crippen molar-refractivity contribution >= 4 is 22.9 Å². The van der Waals surface area contributed by atoms with E-state index >= 15 is 0 Å². The molecule has 2 aromatic heterocycles. The maximum absolute atomic E-state index is 6.04. The number of hydrogen-bond donors (Lipinski definition) is 0. The molecule has 0 aliphatic carbocycles. The molecule has 1 aromatic carbocycles. The molecule has 3 rings (SSSR count). The summed E-state index contributed by atoms with van der Waals surface area (Å²) < 4.78 is 0. The van der Waals surface area contributed by atoms with Gasteiger partial charge in [-0.2, -0.15) is 0 Å². The van der Waals surface area contributed by atoms with Crippen LogP contribution in [0.3, 0.4) is 0 Å². The molecule has 0 saturated carbocycles. The minimum Gasteiger partial charge on any atom is -0.241 e. The molecule has 3 aromatic rings. The zero-order chi connectivity index (χ0) is 12.4. The fraction of sp³-hybridized carbons (Fsp3) is 0. The number of hydrogen-bond acceptors (Lipinski definition) is 4. The summed E-state index contributed by atoms with van der Waals surface area (Å²) in [4.78, 5) is 12.9. The molecule has 0 amide bonds. The normalized spacial score (nSPS) is 10.5. The van der Waals surface area contributed by atoms with Gasteiger partial charge >= 0.3 is 0 Å². The van der Waals surface area contributed by atoms with E-state index in [1.165, 1.54) is 11.3 Å². The number of benzene rings is 1. The van der Waals surface area contributed by atoms with Gasteiger partial charge in [0.2, 0.25) is 0 Å². The van der Waals surface area contributed by atoms with Gasteiger partial charge in [-0.3, -0.25) is 0 Å². The number of aromatic nitrogens is 3. The Balaban J connectivity index is 2.12. The minimum absolute atomic E-state index is 0.423. The predicted octanol–water partition coefficient (Wildman–Crippen LogP) is 3.92. The number of nitrogens with zero attached hydrogens (tertiary/aromatic N) is 3. The molecule has 0 spiro atoms. The van der Waals surface area contributed by atoms with Gasteiger partial charge in [-0.15, -0.1) is 11.3 Å². The summed E-state index contributed by atoms with van der Waals surface area (Å²) >= 11 is 7.55. The van der Waals surface area contributed by atoms with Gasteiger partial charge in [0, 0.05) is 17.0 Å². The van der Waals surface area contributed by atoms with E-state index in [4.69, 9.17) is 11.6 Å².